The summed E-state index contributed by atoms with van der Waals surface area (Å²) in [6.07, 6.45) is 0. The molecule has 0 amide bonds. The number of hydrogen-bond acceptors (Lipinski definition) is 3. The van der Waals surface area contributed by atoms with Crippen LogP contribution in [0.5, 0.6) is 0 Å². The smallest absolute Gasteiger partial charge is 0.230 e. The van der Waals surface area contributed by atoms with Crippen LogP contribution in [0, 0.1) is 17.9 Å². The molecule has 0 radical (unpaired) electrons. The van der Waals surface area contributed by atoms with Crippen molar-refractivity contribution in [2.45, 2.75) is 43.9 Å². The molecule has 0 aliphatic heterocycles. The molecule has 0 aromatic heterocycles. The maximum Gasteiger partial charge on any atom is 0.230 e. The summed E-state index contributed by atoms with van der Waals surface area (Å²) >= 11 is 0. The van der Waals surface area contributed by atoms with Crippen LogP contribution in [-0.2, 0) is 16.2 Å². The van der Waals surface area contributed by atoms with Gasteiger partial charge in [0.05, 0.1) is 29.6 Å². The Hall–Kier alpha value is -10.0. The summed E-state index contributed by atoms with van der Waals surface area (Å²) in [7, 11) is 0. The van der Waals surface area contributed by atoms with Crippen molar-refractivity contribution in [2.75, 3.05) is 9.80 Å². The Kier molecular flexibility index (Phi) is 11.8. The molecule has 0 N–H and O–H groups in total. The summed E-state index contributed by atoms with van der Waals surface area (Å²) in [5, 5.41) is 12.4. The van der Waals surface area contributed by atoms with E-state index < -0.39 is 16.2 Å². The first kappa shape index (κ1) is 48.6. The molecule has 11 aromatic carbocycles. The molecular weight excluding hydrogens is 957 g/mol. The number of nitrogens with zero attached hydrogens (tertiary/aromatic N) is 4. The maximum atomic E-state index is 12.4. The van der Waals surface area contributed by atoms with Crippen LogP contribution >= 0.6 is 0 Å². The van der Waals surface area contributed by atoms with Gasteiger partial charge in [0.2, 0.25) is 5.69 Å². The second-order valence-corrected chi connectivity index (χ2v) is 21.8. The van der Waals surface area contributed by atoms with E-state index in [-0.39, 0.29) is 0 Å². The van der Waals surface area contributed by atoms with Crippen molar-refractivity contribution in [1.29, 1.82) is 5.26 Å². The SMILES string of the molecule is [C-]#[N+]c1c(C#N)c(N(c2ccc(-c3ccccc3)cc2)c2cccc(-c3ccccc3)c2)c2c(c1N(c1ccc(-c3ccccc3)cc1)c1cccc(-c3ccccc3)c1)C(C)(C)C1(c3ccccc3-c3ccccc31)C2(C)C. The Balaban J connectivity index is 1.18. The average molecular weight is 1010 g/mol. The van der Waals surface area contributed by atoms with Crippen molar-refractivity contribution in [3.05, 3.63) is 306 Å². The molecule has 0 unspecified atom stereocenters. The van der Waals surface area contributed by atoms with Crippen molar-refractivity contribution >= 4 is 39.8 Å². The second-order valence-electron chi connectivity index (χ2n) is 21.8. The van der Waals surface area contributed by atoms with E-state index >= 15 is 0 Å². The van der Waals surface area contributed by atoms with Crippen LogP contribution < -0.4 is 9.80 Å². The van der Waals surface area contributed by atoms with Gasteiger partial charge >= 0.3 is 0 Å². The third-order valence-corrected chi connectivity index (χ3v) is 17.1. The van der Waals surface area contributed by atoms with Crippen LogP contribution in [0.3, 0.4) is 0 Å². The largest absolute Gasteiger partial charge is 0.320 e. The predicted octanol–water partition coefficient (Wildman–Crippen LogP) is 20.3. The number of benzene rings is 11. The topological polar surface area (TPSA) is 34.6 Å². The van der Waals surface area contributed by atoms with Crippen LogP contribution in [0.15, 0.2) is 267 Å². The molecule has 13 rings (SSSR count). The highest BCUT2D eigenvalue weighted by molar-refractivity contribution is 6.02. The number of nitriles is 1. The minimum absolute atomic E-state index is 0.291. The van der Waals surface area contributed by atoms with E-state index in [2.05, 4.69) is 291 Å². The van der Waals surface area contributed by atoms with Gasteiger partial charge in [-0.2, -0.15) is 5.26 Å². The van der Waals surface area contributed by atoms with Crippen LogP contribution in [-0.4, -0.2) is 0 Å². The van der Waals surface area contributed by atoms with Gasteiger partial charge in [0.15, 0.2) is 0 Å². The highest BCUT2D eigenvalue weighted by Crippen LogP contribution is 2.75. The van der Waals surface area contributed by atoms with E-state index in [0.717, 1.165) is 78.4 Å². The summed E-state index contributed by atoms with van der Waals surface area (Å²) in [4.78, 5) is 9.24. The second kappa shape index (κ2) is 19.2. The fourth-order valence-corrected chi connectivity index (χ4v) is 13.9. The van der Waals surface area contributed by atoms with E-state index in [1.807, 2.05) is 24.3 Å². The first-order valence-electron chi connectivity index (χ1n) is 27.1. The first-order chi connectivity index (χ1) is 38.6. The van der Waals surface area contributed by atoms with Crippen LogP contribution in [0.2, 0.25) is 0 Å². The van der Waals surface area contributed by atoms with Gasteiger partial charge in [-0.15, -0.1) is 0 Å². The molecule has 0 bridgehead atoms. The molecular formula is C75H56N4. The van der Waals surface area contributed by atoms with Crippen molar-refractivity contribution in [1.82, 2.24) is 0 Å². The summed E-state index contributed by atoms with van der Waals surface area (Å²) in [5.41, 5.74) is 18.8. The van der Waals surface area contributed by atoms with E-state index in [9.17, 15) is 11.8 Å². The van der Waals surface area contributed by atoms with Gasteiger partial charge in [-0.05, 0) is 126 Å². The molecule has 0 heterocycles. The molecule has 1 spiro atoms. The lowest BCUT2D eigenvalue weighted by Crippen LogP contribution is -2.51. The zero-order valence-electron chi connectivity index (χ0n) is 44.7. The lowest BCUT2D eigenvalue weighted by atomic mass is 9.52. The quantitative estimate of drug-likeness (QED) is 0.128. The molecule has 11 aromatic rings. The molecule has 4 nitrogen and oxygen atoms in total. The van der Waals surface area contributed by atoms with Gasteiger partial charge in [0.25, 0.3) is 0 Å². The Bertz CT molecular complexity index is 3910. The van der Waals surface area contributed by atoms with Gasteiger partial charge in [-0.25, -0.2) is 4.85 Å². The fraction of sp³-hybridized carbons (Fsp3) is 0.0933. The molecule has 0 saturated carbocycles. The normalized spacial score (nSPS) is 13.8. The molecule has 376 valence electrons. The maximum absolute atomic E-state index is 12.4. The van der Waals surface area contributed by atoms with Gasteiger partial charge in [0, 0.05) is 39.0 Å². The first-order valence-corrected chi connectivity index (χ1v) is 27.1. The van der Waals surface area contributed by atoms with Crippen LogP contribution in [0.4, 0.5) is 39.8 Å². The number of anilines is 6. The number of rotatable bonds is 10. The number of hydrogen-bond donors (Lipinski definition) is 0. The molecule has 0 saturated heterocycles. The number of fused-ring (bicyclic) bond motifs is 6. The fourth-order valence-electron chi connectivity index (χ4n) is 13.9. The molecule has 0 atom stereocenters. The monoisotopic (exact) mass is 1010 g/mol. The summed E-state index contributed by atoms with van der Waals surface area (Å²) < 4.78 is 0. The van der Waals surface area contributed by atoms with Gasteiger partial charge < -0.3 is 9.80 Å². The van der Waals surface area contributed by atoms with E-state index in [1.165, 1.54) is 22.3 Å². The molecule has 2 aliphatic carbocycles. The average Bonchev–Trinajstić information content (AvgIpc) is 2.36. The van der Waals surface area contributed by atoms with Crippen molar-refractivity contribution in [2.24, 2.45) is 0 Å². The van der Waals surface area contributed by atoms with Gasteiger partial charge in [-0.1, -0.05) is 246 Å². The Morgan fingerprint density at radius 2 is 0.684 bits per heavy atom. The lowest BCUT2D eigenvalue weighted by Gasteiger charge is -2.49. The predicted molar refractivity (Wildman–Crippen MR) is 327 cm³/mol. The zero-order valence-corrected chi connectivity index (χ0v) is 44.7. The van der Waals surface area contributed by atoms with Gasteiger partial charge in [-0.3, -0.25) is 0 Å². The van der Waals surface area contributed by atoms with Crippen molar-refractivity contribution in [3.63, 3.8) is 0 Å². The highest BCUT2D eigenvalue weighted by atomic mass is 15.2. The van der Waals surface area contributed by atoms with E-state index in [0.29, 0.717) is 22.6 Å². The standard InChI is InChI=1S/C75H56N4/c1-73(2)68-69(74(3,4)75(73)66-38-20-18-36-63(66)64-37-19-21-39-67(64)75)72(79(60-46-42-56(43-47-60)52-26-12-7-13-27-52)62-35-23-33-58(49-62)54-30-16-9-17-31-54)70(77-5)65(50-76)71(68)78(59-44-40-55(41-45-59)51-24-10-6-11-25-51)61-34-22-32-57(48-61)53-28-14-8-15-29-53/h6-49H,1-4H3. The van der Waals surface area contributed by atoms with Crippen molar-refractivity contribution < 1.29 is 0 Å². The van der Waals surface area contributed by atoms with Crippen LogP contribution in [0.1, 0.15) is 55.5 Å². The van der Waals surface area contributed by atoms with Crippen molar-refractivity contribution in [3.8, 4) is 61.7 Å². The minimum Gasteiger partial charge on any atom is -0.320 e. The van der Waals surface area contributed by atoms with Gasteiger partial charge in [0.1, 0.15) is 0 Å². The summed E-state index contributed by atoms with van der Waals surface area (Å²) in [5.74, 6) is 0. The molecule has 4 heteroatoms. The molecule has 0 fully saturated rings. The Morgan fingerprint density at radius 3 is 1.08 bits per heavy atom. The van der Waals surface area contributed by atoms with Crippen LogP contribution in [0.25, 0.3) is 60.5 Å². The Labute approximate surface area is 464 Å². The van der Waals surface area contributed by atoms with E-state index in [1.54, 1.807) is 0 Å². The summed E-state index contributed by atoms with van der Waals surface area (Å²) in [6.45, 7) is 19.2. The third kappa shape index (κ3) is 7.56. The lowest BCUT2D eigenvalue weighted by molar-refractivity contribution is 0.232. The summed E-state index contributed by atoms with van der Waals surface area (Å²) in [6, 6.07) is 97.2. The highest BCUT2D eigenvalue weighted by Gasteiger charge is 2.69. The molecule has 2 aliphatic rings. The Morgan fingerprint density at radius 1 is 0.354 bits per heavy atom. The third-order valence-electron chi connectivity index (χ3n) is 17.1. The minimum atomic E-state index is -0.751. The molecule has 79 heavy (non-hydrogen) atoms. The zero-order chi connectivity index (χ0) is 53.9. The van der Waals surface area contributed by atoms with E-state index in [4.69, 9.17) is 0 Å².